The van der Waals surface area contributed by atoms with Crippen molar-refractivity contribution in [3.8, 4) is 5.69 Å². The molecule has 0 fully saturated rings. The maximum Gasteiger partial charge on any atom is 0.253 e. The second-order valence-corrected chi connectivity index (χ2v) is 8.89. The van der Waals surface area contributed by atoms with Gasteiger partial charge >= 0.3 is 0 Å². The topological polar surface area (TPSA) is 89.4 Å². The van der Waals surface area contributed by atoms with Crippen LogP contribution in [0.5, 0.6) is 0 Å². The Bertz CT molecular complexity index is 1220. The summed E-state index contributed by atoms with van der Waals surface area (Å²) in [6.45, 7) is 2.01. The number of thiophene rings is 1. The number of carbonyl (C=O) groups excluding carboxylic acids is 1. The molecule has 0 N–H and O–H groups in total. The van der Waals surface area contributed by atoms with E-state index in [-0.39, 0.29) is 17.7 Å². The number of hydrogen-bond donors (Lipinski definition) is 0. The number of thioether (sulfide) groups is 1. The van der Waals surface area contributed by atoms with Crippen molar-refractivity contribution in [1.29, 1.82) is 0 Å². The van der Waals surface area contributed by atoms with Gasteiger partial charge in [0, 0.05) is 6.42 Å². The molecule has 0 radical (unpaired) electrons. The van der Waals surface area contributed by atoms with Gasteiger partial charge in [-0.15, -0.1) is 16.4 Å². The number of furan rings is 1. The van der Waals surface area contributed by atoms with E-state index in [1.807, 2.05) is 60.8 Å². The summed E-state index contributed by atoms with van der Waals surface area (Å²) >= 11 is 2.90. The third kappa shape index (κ3) is 4.04. The number of carbonyl (C=O) groups is 1. The SMILES string of the molecule is Cc1cccc(-n2nnnc2SCC(=O)N2N=C(c3cccs3)CC2c2ccco2)c1. The Labute approximate surface area is 186 Å². The van der Waals surface area contributed by atoms with Crippen LogP contribution in [0, 0.1) is 6.92 Å². The van der Waals surface area contributed by atoms with E-state index in [2.05, 4.69) is 20.6 Å². The average molecular weight is 451 g/mol. The number of tetrazole rings is 1. The number of nitrogens with zero attached hydrogens (tertiary/aromatic N) is 6. The van der Waals surface area contributed by atoms with Gasteiger partial charge in [0.2, 0.25) is 5.16 Å². The molecule has 8 nitrogen and oxygen atoms in total. The molecule has 1 aliphatic rings. The first-order valence-electron chi connectivity index (χ1n) is 9.64. The molecule has 0 saturated carbocycles. The summed E-state index contributed by atoms with van der Waals surface area (Å²) < 4.78 is 7.23. The quantitative estimate of drug-likeness (QED) is 0.411. The molecule has 5 rings (SSSR count). The molecule has 31 heavy (non-hydrogen) atoms. The lowest BCUT2D eigenvalue weighted by molar-refractivity contribution is -0.130. The molecule has 0 saturated heterocycles. The smallest absolute Gasteiger partial charge is 0.253 e. The predicted molar refractivity (Wildman–Crippen MR) is 118 cm³/mol. The number of amides is 1. The van der Waals surface area contributed by atoms with Gasteiger partial charge in [0.25, 0.3) is 5.91 Å². The minimum absolute atomic E-state index is 0.128. The van der Waals surface area contributed by atoms with E-state index in [1.54, 1.807) is 22.3 Å². The van der Waals surface area contributed by atoms with Gasteiger partial charge in [0.15, 0.2) is 0 Å². The molecule has 1 atom stereocenters. The third-order valence-corrected chi connectivity index (χ3v) is 6.68. The summed E-state index contributed by atoms with van der Waals surface area (Å²) in [6.07, 6.45) is 2.23. The molecule has 0 spiro atoms. The molecule has 1 aliphatic heterocycles. The Morgan fingerprint density at radius 1 is 1.26 bits per heavy atom. The first kappa shape index (κ1) is 19.7. The lowest BCUT2D eigenvalue weighted by atomic mass is 10.1. The second kappa shape index (κ2) is 8.48. The van der Waals surface area contributed by atoms with Gasteiger partial charge in [-0.2, -0.15) is 9.78 Å². The number of hydrazone groups is 1. The molecule has 1 amide bonds. The second-order valence-electron chi connectivity index (χ2n) is 7.00. The molecular weight excluding hydrogens is 432 g/mol. The highest BCUT2D eigenvalue weighted by molar-refractivity contribution is 7.99. The summed E-state index contributed by atoms with van der Waals surface area (Å²) in [6, 6.07) is 15.3. The Morgan fingerprint density at radius 3 is 2.97 bits per heavy atom. The number of aromatic nitrogens is 4. The zero-order chi connectivity index (χ0) is 21.2. The van der Waals surface area contributed by atoms with Crippen LogP contribution < -0.4 is 0 Å². The van der Waals surface area contributed by atoms with Crippen LogP contribution in [0.1, 0.15) is 28.7 Å². The lowest BCUT2D eigenvalue weighted by Crippen LogP contribution is -2.28. The standard InChI is InChI=1S/C21H18N6O2S2/c1-14-5-2-6-15(11-14)26-21(22-24-25-26)31-13-20(28)27-17(18-7-3-9-29-18)12-16(23-27)19-8-4-10-30-19/h2-11,17H,12-13H2,1H3. The van der Waals surface area contributed by atoms with E-state index < -0.39 is 0 Å². The van der Waals surface area contributed by atoms with Crippen molar-refractivity contribution in [2.24, 2.45) is 5.10 Å². The van der Waals surface area contributed by atoms with Crippen LogP contribution >= 0.6 is 23.1 Å². The largest absolute Gasteiger partial charge is 0.467 e. The first-order valence-corrected chi connectivity index (χ1v) is 11.5. The molecule has 0 aliphatic carbocycles. The highest BCUT2D eigenvalue weighted by Gasteiger charge is 2.35. The van der Waals surface area contributed by atoms with E-state index in [1.165, 1.54) is 16.8 Å². The van der Waals surface area contributed by atoms with Crippen LogP contribution in [-0.2, 0) is 4.79 Å². The molecule has 156 valence electrons. The molecule has 10 heteroatoms. The summed E-state index contributed by atoms with van der Waals surface area (Å²) in [5.74, 6) is 0.750. The summed E-state index contributed by atoms with van der Waals surface area (Å²) in [5, 5.41) is 20.7. The number of aryl methyl sites for hydroxylation is 1. The number of rotatable bonds is 6. The molecule has 1 aromatic carbocycles. The maximum absolute atomic E-state index is 13.1. The van der Waals surface area contributed by atoms with Crippen LogP contribution in [0.4, 0.5) is 0 Å². The van der Waals surface area contributed by atoms with Crippen LogP contribution in [0.25, 0.3) is 5.69 Å². The van der Waals surface area contributed by atoms with Crippen LogP contribution in [0.3, 0.4) is 0 Å². The van der Waals surface area contributed by atoms with E-state index in [0.29, 0.717) is 11.6 Å². The summed E-state index contributed by atoms with van der Waals surface area (Å²) in [7, 11) is 0. The highest BCUT2D eigenvalue weighted by atomic mass is 32.2. The van der Waals surface area contributed by atoms with Crippen LogP contribution in [0.2, 0.25) is 0 Å². The Hall–Kier alpha value is -3.24. The zero-order valence-electron chi connectivity index (χ0n) is 16.6. The molecular formula is C21H18N6O2S2. The van der Waals surface area contributed by atoms with E-state index in [0.717, 1.165) is 27.6 Å². The summed E-state index contributed by atoms with van der Waals surface area (Å²) in [4.78, 5) is 14.2. The lowest BCUT2D eigenvalue weighted by Gasteiger charge is -2.19. The van der Waals surface area contributed by atoms with Crippen molar-refractivity contribution < 1.29 is 9.21 Å². The maximum atomic E-state index is 13.1. The van der Waals surface area contributed by atoms with E-state index >= 15 is 0 Å². The van der Waals surface area contributed by atoms with Crippen molar-refractivity contribution in [3.63, 3.8) is 0 Å². The minimum atomic E-state index is -0.257. The van der Waals surface area contributed by atoms with Gasteiger partial charge in [-0.3, -0.25) is 4.79 Å². The van der Waals surface area contributed by atoms with Gasteiger partial charge in [-0.1, -0.05) is 30.0 Å². The molecule has 4 heterocycles. The number of benzene rings is 1. The molecule has 1 unspecified atom stereocenters. The van der Waals surface area contributed by atoms with Gasteiger partial charge in [-0.25, -0.2) is 5.01 Å². The van der Waals surface area contributed by atoms with Crippen molar-refractivity contribution >= 4 is 34.7 Å². The Kier molecular flexibility index (Phi) is 5.39. The number of hydrogen-bond acceptors (Lipinski definition) is 8. The van der Waals surface area contributed by atoms with Crippen LogP contribution in [0.15, 0.2) is 74.8 Å². The average Bonchev–Trinajstić information content (AvgIpc) is 3.56. The van der Waals surface area contributed by atoms with Crippen molar-refractivity contribution in [1.82, 2.24) is 25.2 Å². The van der Waals surface area contributed by atoms with Crippen molar-refractivity contribution in [2.45, 2.75) is 24.5 Å². The van der Waals surface area contributed by atoms with Gasteiger partial charge in [0.1, 0.15) is 11.8 Å². The monoisotopic (exact) mass is 450 g/mol. The molecule has 4 aromatic rings. The summed E-state index contributed by atoms with van der Waals surface area (Å²) in [5.41, 5.74) is 2.85. The fourth-order valence-electron chi connectivity index (χ4n) is 3.42. The predicted octanol–water partition coefficient (Wildman–Crippen LogP) is 4.10. The normalized spacial score (nSPS) is 16.0. The van der Waals surface area contributed by atoms with E-state index in [9.17, 15) is 4.79 Å². The van der Waals surface area contributed by atoms with Crippen molar-refractivity contribution in [3.05, 3.63) is 76.4 Å². The Morgan fingerprint density at radius 2 is 2.19 bits per heavy atom. The van der Waals surface area contributed by atoms with Gasteiger partial charge < -0.3 is 4.42 Å². The fourth-order valence-corrected chi connectivity index (χ4v) is 4.88. The fraction of sp³-hybridized carbons (Fsp3) is 0.190. The van der Waals surface area contributed by atoms with Crippen molar-refractivity contribution in [2.75, 3.05) is 5.75 Å². The third-order valence-electron chi connectivity index (χ3n) is 4.85. The van der Waals surface area contributed by atoms with Crippen LogP contribution in [-0.4, -0.2) is 42.6 Å². The minimum Gasteiger partial charge on any atom is -0.467 e. The van der Waals surface area contributed by atoms with E-state index in [4.69, 9.17) is 4.42 Å². The highest BCUT2D eigenvalue weighted by Crippen LogP contribution is 2.34. The first-order chi connectivity index (χ1) is 15.2. The van der Waals surface area contributed by atoms with Gasteiger partial charge in [0.05, 0.1) is 28.3 Å². The van der Waals surface area contributed by atoms with Gasteiger partial charge in [-0.05, 0) is 58.6 Å². The zero-order valence-corrected chi connectivity index (χ0v) is 18.2. The molecule has 3 aromatic heterocycles. The Balaban J connectivity index is 1.35. The molecule has 0 bridgehead atoms.